The molecule has 0 saturated carbocycles. The number of hydrogen-bond donors (Lipinski definition) is 1. The van der Waals surface area contributed by atoms with Gasteiger partial charge in [-0.3, -0.25) is 19.4 Å². The third kappa shape index (κ3) is 4.67. The van der Waals surface area contributed by atoms with Crippen molar-refractivity contribution in [3.8, 4) is 0 Å². The van der Waals surface area contributed by atoms with Crippen LogP contribution in [-0.2, 0) is 9.59 Å². The number of likely N-dealkylation sites (tertiary alicyclic amines) is 1. The molecule has 0 spiro atoms. The van der Waals surface area contributed by atoms with Gasteiger partial charge in [0.1, 0.15) is 6.04 Å². The van der Waals surface area contributed by atoms with E-state index in [0.29, 0.717) is 12.3 Å². The molecule has 0 bridgehead atoms. The summed E-state index contributed by atoms with van der Waals surface area (Å²) in [7, 11) is 0. The van der Waals surface area contributed by atoms with Crippen LogP contribution in [0.5, 0.6) is 0 Å². The standard InChI is InChI=1S/C17H31N3O3/c1-13(2)12-15(17(22)23)19-10-8-18(9-11-19)14(3)16(21)20-6-4-5-7-20/h13-15H,4-12H2,1-3H3,(H,22,23). The number of amides is 1. The van der Waals surface area contributed by atoms with E-state index in [4.69, 9.17) is 0 Å². The van der Waals surface area contributed by atoms with Crippen LogP contribution in [0.4, 0.5) is 0 Å². The van der Waals surface area contributed by atoms with Gasteiger partial charge in [0.15, 0.2) is 0 Å². The van der Waals surface area contributed by atoms with Crippen LogP contribution in [0.3, 0.4) is 0 Å². The molecule has 0 aromatic carbocycles. The zero-order valence-electron chi connectivity index (χ0n) is 14.7. The van der Waals surface area contributed by atoms with Crippen LogP contribution >= 0.6 is 0 Å². The van der Waals surface area contributed by atoms with Crippen LogP contribution < -0.4 is 0 Å². The van der Waals surface area contributed by atoms with Gasteiger partial charge in [-0.2, -0.15) is 0 Å². The molecule has 6 heteroatoms. The molecule has 2 saturated heterocycles. The van der Waals surface area contributed by atoms with Gasteiger partial charge in [0.2, 0.25) is 5.91 Å². The summed E-state index contributed by atoms with van der Waals surface area (Å²) in [6.45, 7) is 10.9. The highest BCUT2D eigenvalue weighted by Crippen LogP contribution is 2.17. The van der Waals surface area contributed by atoms with Crippen molar-refractivity contribution in [3.63, 3.8) is 0 Å². The molecule has 6 nitrogen and oxygen atoms in total. The number of carbonyl (C=O) groups is 2. The molecule has 0 radical (unpaired) electrons. The fourth-order valence-corrected chi connectivity index (χ4v) is 3.65. The Morgan fingerprint density at radius 2 is 1.43 bits per heavy atom. The Hall–Kier alpha value is -1.14. The molecule has 23 heavy (non-hydrogen) atoms. The van der Waals surface area contributed by atoms with E-state index in [-0.39, 0.29) is 11.9 Å². The number of aliphatic carboxylic acids is 1. The predicted octanol–water partition coefficient (Wildman–Crippen LogP) is 1.11. The van der Waals surface area contributed by atoms with E-state index in [0.717, 1.165) is 52.1 Å². The number of carbonyl (C=O) groups excluding carboxylic acids is 1. The molecule has 0 aliphatic carbocycles. The molecule has 2 rings (SSSR count). The van der Waals surface area contributed by atoms with Crippen LogP contribution in [0.1, 0.15) is 40.0 Å². The molecule has 2 heterocycles. The van der Waals surface area contributed by atoms with Crippen molar-refractivity contribution >= 4 is 11.9 Å². The summed E-state index contributed by atoms with van der Waals surface area (Å²) >= 11 is 0. The summed E-state index contributed by atoms with van der Waals surface area (Å²) in [5.74, 6) is -0.133. The Labute approximate surface area is 139 Å². The maximum Gasteiger partial charge on any atom is 0.320 e. The third-order valence-electron chi connectivity index (χ3n) is 5.09. The SMILES string of the molecule is CC(C)CC(C(=O)O)N1CCN(C(C)C(=O)N2CCCC2)CC1. The largest absolute Gasteiger partial charge is 0.480 e. The Balaban J connectivity index is 1.86. The molecule has 2 aliphatic heterocycles. The topological polar surface area (TPSA) is 64.1 Å². The molecule has 2 aliphatic rings. The van der Waals surface area contributed by atoms with Gasteiger partial charge in [-0.15, -0.1) is 0 Å². The summed E-state index contributed by atoms with van der Waals surface area (Å²) in [6.07, 6.45) is 2.90. The zero-order chi connectivity index (χ0) is 17.0. The first-order chi connectivity index (χ1) is 10.9. The van der Waals surface area contributed by atoms with Crippen LogP contribution in [0.2, 0.25) is 0 Å². The van der Waals surface area contributed by atoms with Crippen LogP contribution in [0.25, 0.3) is 0 Å². The van der Waals surface area contributed by atoms with E-state index in [1.807, 2.05) is 11.8 Å². The van der Waals surface area contributed by atoms with Crippen molar-refractivity contribution in [2.24, 2.45) is 5.92 Å². The lowest BCUT2D eigenvalue weighted by Gasteiger charge is -2.40. The zero-order valence-corrected chi connectivity index (χ0v) is 14.7. The molecule has 2 fully saturated rings. The van der Waals surface area contributed by atoms with E-state index in [9.17, 15) is 14.7 Å². The average Bonchev–Trinajstić information content (AvgIpc) is 3.05. The summed E-state index contributed by atoms with van der Waals surface area (Å²) in [5, 5.41) is 9.47. The Bertz CT molecular complexity index is 413. The van der Waals surface area contributed by atoms with Crippen LogP contribution in [-0.4, -0.2) is 83.0 Å². The summed E-state index contributed by atoms with van der Waals surface area (Å²) in [4.78, 5) is 30.2. The second-order valence-corrected chi connectivity index (χ2v) is 7.26. The van der Waals surface area contributed by atoms with E-state index >= 15 is 0 Å². The second-order valence-electron chi connectivity index (χ2n) is 7.26. The minimum Gasteiger partial charge on any atom is -0.480 e. The maximum atomic E-state index is 12.5. The quantitative estimate of drug-likeness (QED) is 0.793. The van der Waals surface area contributed by atoms with Crippen LogP contribution in [0, 0.1) is 5.92 Å². The molecular weight excluding hydrogens is 294 g/mol. The molecule has 132 valence electrons. The van der Waals surface area contributed by atoms with Gasteiger partial charge < -0.3 is 10.0 Å². The minimum atomic E-state index is -0.728. The number of hydrogen-bond acceptors (Lipinski definition) is 4. The van der Waals surface area contributed by atoms with Gasteiger partial charge in [-0.05, 0) is 32.1 Å². The molecule has 0 aromatic heterocycles. The number of piperazine rings is 1. The lowest BCUT2D eigenvalue weighted by atomic mass is 10.0. The van der Waals surface area contributed by atoms with E-state index < -0.39 is 12.0 Å². The van der Waals surface area contributed by atoms with Gasteiger partial charge in [0.05, 0.1) is 6.04 Å². The van der Waals surface area contributed by atoms with E-state index in [2.05, 4.69) is 23.6 Å². The minimum absolute atomic E-state index is 0.0939. The van der Waals surface area contributed by atoms with E-state index in [1.54, 1.807) is 0 Å². The summed E-state index contributed by atoms with van der Waals surface area (Å²) in [6, 6.07) is -0.495. The molecule has 0 aromatic rings. The first-order valence-electron chi connectivity index (χ1n) is 8.90. The highest BCUT2D eigenvalue weighted by atomic mass is 16.4. The van der Waals surface area contributed by atoms with E-state index in [1.165, 1.54) is 0 Å². The van der Waals surface area contributed by atoms with Crippen molar-refractivity contribution in [2.75, 3.05) is 39.3 Å². The maximum absolute atomic E-state index is 12.5. The van der Waals surface area contributed by atoms with Gasteiger partial charge >= 0.3 is 5.97 Å². The van der Waals surface area contributed by atoms with Crippen molar-refractivity contribution in [2.45, 2.75) is 52.1 Å². The van der Waals surface area contributed by atoms with Gasteiger partial charge in [-0.25, -0.2) is 0 Å². The molecule has 2 atom stereocenters. The fourth-order valence-electron chi connectivity index (χ4n) is 3.65. The third-order valence-corrected chi connectivity index (χ3v) is 5.09. The molecular formula is C17H31N3O3. The molecule has 1 amide bonds. The highest BCUT2D eigenvalue weighted by Gasteiger charge is 2.33. The first kappa shape index (κ1) is 18.2. The van der Waals surface area contributed by atoms with Crippen molar-refractivity contribution in [1.82, 2.24) is 14.7 Å². The Morgan fingerprint density at radius 1 is 0.913 bits per heavy atom. The smallest absolute Gasteiger partial charge is 0.320 e. The number of carboxylic acids is 1. The second kappa shape index (κ2) is 8.11. The lowest BCUT2D eigenvalue weighted by molar-refractivity contribution is -0.146. The number of nitrogens with zero attached hydrogens (tertiary/aromatic N) is 3. The Kier molecular flexibility index (Phi) is 6.41. The molecule has 2 unspecified atom stereocenters. The van der Waals surface area contributed by atoms with Gasteiger partial charge in [0.25, 0.3) is 0 Å². The summed E-state index contributed by atoms with van der Waals surface area (Å²) < 4.78 is 0. The van der Waals surface area contributed by atoms with Gasteiger partial charge in [0, 0.05) is 39.3 Å². The normalized spacial score (nSPS) is 23.2. The predicted molar refractivity (Wildman–Crippen MR) is 89.3 cm³/mol. The average molecular weight is 325 g/mol. The van der Waals surface area contributed by atoms with Crippen molar-refractivity contribution in [3.05, 3.63) is 0 Å². The highest BCUT2D eigenvalue weighted by molar-refractivity contribution is 5.81. The van der Waals surface area contributed by atoms with Crippen molar-refractivity contribution < 1.29 is 14.7 Å². The Morgan fingerprint density at radius 3 is 1.91 bits per heavy atom. The van der Waals surface area contributed by atoms with Crippen molar-refractivity contribution in [1.29, 1.82) is 0 Å². The fraction of sp³-hybridized carbons (Fsp3) is 0.882. The number of rotatable bonds is 6. The molecule has 1 N–H and O–H groups in total. The monoisotopic (exact) mass is 325 g/mol. The van der Waals surface area contributed by atoms with Gasteiger partial charge in [-0.1, -0.05) is 13.8 Å². The van der Waals surface area contributed by atoms with Crippen LogP contribution in [0.15, 0.2) is 0 Å². The lowest BCUT2D eigenvalue weighted by Crippen LogP contribution is -2.57. The number of carboxylic acid groups (broad SMARTS) is 1. The first-order valence-corrected chi connectivity index (χ1v) is 8.90. The summed E-state index contributed by atoms with van der Waals surface area (Å²) in [5.41, 5.74) is 0.